The summed E-state index contributed by atoms with van der Waals surface area (Å²) in [5, 5.41) is 9.67. The van der Waals surface area contributed by atoms with Crippen molar-refractivity contribution < 1.29 is 24.2 Å². The van der Waals surface area contributed by atoms with Crippen LogP contribution in [0.15, 0.2) is 25.3 Å². The summed E-state index contributed by atoms with van der Waals surface area (Å²) in [4.78, 5) is 43.8. The van der Waals surface area contributed by atoms with Gasteiger partial charge < -0.3 is 19.6 Å². The lowest BCUT2D eigenvalue weighted by Gasteiger charge is -2.37. The molecule has 5 atom stereocenters. The lowest BCUT2D eigenvalue weighted by atomic mass is 9.71. The van der Waals surface area contributed by atoms with Gasteiger partial charge in [0.2, 0.25) is 11.8 Å². The van der Waals surface area contributed by atoms with Crippen LogP contribution in [0.3, 0.4) is 0 Å². The van der Waals surface area contributed by atoms with Crippen LogP contribution < -0.4 is 0 Å². The number of amides is 2. The Morgan fingerprint density at radius 3 is 2.76 bits per heavy atom. The number of thioether (sulfide) groups is 1. The second kappa shape index (κ2) is 11.6. The number of ether oxygens (including phenoxy) is 1. The van der Waals surface area contributed by atoms with Gasteiger partial charge in [0.15, 0.2) is 0 Å². The van der Waals surface area contributed by atoms with Gasteiger partial charge in [0.05, 0.1) is 29.8 Å². The molecule has 3 aliphatic rings. The number of aliphatic hydroxyl groups excluding tert-OH is 1. The Kier molecular flexibility index (Phi) is 9.04. The highest BCUT2D eigenvalue weighted by Crippen LogP contribution is 2.66. The van der Waals surface area contributed by atoms with E-state index in [9.17, 15) is 19.5 Å². The van der Waals surface area contributed by atoms with Gasteiger partial charge in [-0.2, -0.15) is 0 Å². The number of allylic oxidation sites excluding steroid dienone is 1. The minimum Gasteiger partial charge on any atom is -0.465 e. The summed E-state index contributed by atoms with van der Waals surface area (Å²) in [5.41, 5.74) is 0. The molecule has 0 radical (unpaired) electrons. The average Bonchev–Trinajstić information content (AvgIpc) is 3.44. The summed E-state index contributed by atoms with van der Waals surface area (Å²) in [7, 11) is 0. The monoisotopic (exact) mass is 478 g/mol. The largest absolute Gasteiger partial charge is 0.465 e. The van der Waals surface area contributed by atoms with Gasteiger partial charge in [-0.3, -0.25) is 14.4 Å². The maximum Gasteiger partial charge on any atom is 0.310 e. The number of aliphatic hydroxyl groups is 1. The minimum absolute atomic E-state index is 0.00491. The zero-order valence-corrected chi connectivity index (χ0v) is 20.6. The number of hydrogen-bond donors (Lipinski definition) is 1. The number of esters is 1. The van der Waals surface area contributed by atoms with E-state index in [-0.39, 0.29) is 36.2 Å². The number of nitrogens with zero attached hydrogens (tertiary/aromatic N) is 2. The molecule has 0 aromatic carbocycles. The van der Waals surface area contributed by atoms with Crippen molar-refractivity contribution in [3.8, 4) is 0 Å². The number of fused-ring (bicyclic) bond motifs is 1. The number of hydrogen-bond acceptors (Lipinski definition) is 6. The maximum absolute atomic E-state index is 13.8. The van der Waals surface area contributed by atoms with Crippen molar-refractivity contribution in [2.75, 3.05) is 32.8 Å². The molecule has 3 saturated heterocycles. The van der Waals surface area contributed by atoms with E-state index in [1.807, 2.05) is 6.08 Å². The molecule has 2 bridgehead atoms. The molecular formula is C25H38N2O5S. The summed E-state index contributed by atoms with van der Waals surface area (Å²) in [5.74, 6) is -1.71. The maximum atomic E-state index is 13.8. The lowest BCUT2D eigenvalue weighted by Crippen LogP contribution is -2.55. The van der Waals surface area contributed by atoms with Crippen molar-refractivity contribution in [3.63, 3.8) is 0 Å². The van der Waals surface area contributed by atoms with Crippen molar-refractivity contribution >= 4 is 29.5 Å². The average molecular weight is 479 g/mol. The van der Waals surface area contributed by atoms with E-state index < -0.39 is 22.6 Å². The molecule has 3 aliphatic heterocycles. The van der Waals surface area contributed by atoms with Crippen LogP contribution in [0.2, 0.25) is 0 Å². The van der Waals surface area contributed by atoms with Crippen LogP contribution >= 0.6 is 11.8 Å². The summed E-state index contributed by atoms with van der Waals surface area (Å²) < 4.78 is 4.96. The number of likely N-dealkylation sites (tertiary alicyclic amines) is 1. The van der Waals surface area contributed by atoms with Crippen molar-refractivity contribution in [3.05, 3.63) is 25.3 Å². The quantitative estimate of drug-likeness (QED) is 0.235. The third-order valence-corrected chi connectivity index (χ3v) is 9.09. The highest BCUT2D eigenvalue weighted by Gasteiger charge is 2.74. The number of carbonyl (C=O) groups excluding carboxylic acids is 3. The summed E-state index contributed by atoms with van der Waals surface area (Å²) >= 11 is 1.63. The molecule has 1 N–H and O–H groups in total. The standard InChI is InChI=1S/C25H38N2O5S/c1-4-7-9-10-17-32-24(31)19-18-11-12-25(33-18)20(19)22(29)27(15-16-28)21(25)23(30)26(13-6-3)14-8-5-2/h4,6,18-21,28H,1,3,5,7-17H2,2H3/t18-,19+,20-,21?,25?/m0/s1. The fraction of sp³-hybridized carbons (Fsp3) is 0.720. The molecule has 184 valence electrons. The Bertz CT molecular complexity index is 759. The Labute approximate surface area is 201 Å². The Morgan fingerprint density at radius 1 is 1.30 bits per heavy atom. The summed E-state index contributed by atoms with van der Waals surface area (Å²) in [6.07, 6.45) is 9.43. The van der Waals surface area contributed by atoms with E-state index in [1.165, 1.54) is 4.90 Å². The minimum atomic E-state index is -0.667. The van der Waals surface area contributed by atoms with E-state index in [0.29, 0.717) is 19.7 Å². The van der Waals surface area contributed by atoms with Crippen molar-refractivity contribution in [1.29, 1.82) is 0 Å². The van der Waals surface area contributed by atoms with Crippen LogP contribution in [0.4, 0.5) is 0 Å². The topological polar surface area (TPSA) is 87.2 Å². The Balaban J connectivity index is 1.84. The number of rotatable bonds is 14. The molecule has 0 saturated carbocycles. The second-order valence-electron chi connectivity index (χ2n) is 9.19. The van der Waals surface area contributed by atoms with E-state index in [0.717, 1.165) is 44.9 Å². The van der Waals surface area contributed by atoms with Gasteiger partial charge in [-0.05, 0) is 38.5 Å². The zero-order valence-electron chi connectivity index (χ0n) is 19.7. The summed E-state index contributed by atoms with van der Waals surface area (Å²) in [6, 6.07) is -0.667. The zero-order chi connectivity index (χ0) is 24.0. The predicted molar refractivity (Wildman–Crippen MR) is 130 cm³/mol. The van der Waals surface area contributed by atoms with Crippen molar-refractivity contribution in [1.82, 2.24) is 9.80 Å². The van der Waals surface area contributed by atoms with E-state index in [1.54, 1.807) is 22.7 Å². The molecule has 8 heteroatoms. The third kappa shape index (κ3) is 4.87. The van der Waals surface area contributed by atoms with Gasteiger partial charge in [0, 0.05) is 24.9 Å². The van der Waals surface area contributed by atoms with E-state index >= 15 is 0 Å². The molecule has 1 spiro atoms. The molecule has 3 fully saturated rings. The number of β-amino-alcohol motifs (C(OH)–C–C–N with tert-alkyl or cyclic N) is 1. The second-order valence-corrected chi connectivity index (χ2v) is 10.8. The van der Waals surface area contributed by atoms with Gasteiger partial charge in [-0.1, -0.05) is 25.5 Å². The molecule has 0 aromatic heterocycles. The van der Waals surface area contributed by atoms with Crippen molar-refractivity contribution in [2.24, 2.45) is 11.8 Å². The van der Waals surface area contributed by atoms with Crippen LogP contribution in [0.1, 0.15) is 51.9 Å². The van der Waals surface area contributed by atoms with Gasteiger partial charge in [0.25, 0.3) is 0 Å². The van der Waals surface area contributed by atoms with Crippen LogP contribution in [0.25, 0.3) is 0 Å². The van der Waals surface area contributed by atoms with E-state index in [4.69, 9.17) is 4.74 Å². The molecule has 0 aromatic rings. The van der Waals surface area contributed by atoms with Gasteiger partial charge >= 0.3 is 5.97 Å². The van der Waals surface area contributed by atoms with Gasteiger partial charge in [-0.25, -0.2) is 0 Å². The Hall–Kier alpha value is -1.80. The number of carbonyl (C=O) groups is 3. The van der Waals surface area contributed by atoms with Crippen LogP contribution in [0, 0.1) is 11.8 Å². The third-order valence-electron chi connectivity index (χ3n) is 7.14. The first-order chi connectivity index (χ1) is 16.0. The normalized spacial score (nSPS) is 29.8. The van der Waals surface area contributed by atoms with Crippen LogP contribution in [-0.2, 0) is 19.1 Å². The SMILES string of the molecule is C=CCCCCOC(=O)[C@@H]1[C@@H]2CCC3(S2)C(C(=O)N(CC=C)CCCC)N(CCO)C(=O)[C@H]13. The molecule has 33 heavy (non-hydrogen) atoms. The predicted octanol–water partition coefficient (Wildman–Crippen LogP) is 2.78. The number of unbranched alkanes of at least 4 members (excludes halogenated alkanes) is 3. The molecule has 3 rings (SSSR count). The first kappa shape index (κ1) is 25.8. The summed E-state index contributed by atoms with van der Waals surface area (Å²) in [6.45, 7) is 10.8. The van der Waals surface area contributed by atoms with Crippen LogP contribution in [-0.4, -0.2) is 81.6 Å². The molecule has 2 unspecified atom stereocenters. The van der Waals surface area contributed by atoms with Gasteiger partial charge in [-0.15, -0.1) is 24.9 Å². The fourth-order valence-electron chi connectivity index (χ4n) is 5.68. The van der Waals surface area contributed by atoms with E-state index in [2.05, 4.69) is 20.1 Å². The fourth-order valence-corrected chi connectivity index (χ4v) is 7.88. The molecular weight excluding hydrogens is 440 g/mol. The molecule has 2 amide bonds. The molecule has 7 nitrogen and oxygen atoms in total. The lowest BCUT2D eigenvalue weighted by molar-refractivity contribution is -0.154. The highest BCUT2D eigenvalue weighted by atomic mass is 32.2. The Morgan fingerprint density at radius 2 is 2.09 bits per heavy atom. The molecule has 3 heterocycles. The first-order valence-corrected chi connectivity index (χ1v) is 13.1. The first-order valence-electron chi connectivity index (χ1n) is 12.2. The van der Waals surface area contributed by atoms with Crippen molar-refractivity contribution in [2.45, 2.75) is 67.9 Å². The smallest absolute Gasteiger partial charge is 0.310 e. The highest BCUT2D eigenvalue weighted by molar-refractivity contribution is 8.02. The van der Waals surface area contributed by atoms with Gasteiger partial charge in [0.1, 0.15) is 6.04 Å². The van der Waals surface area contributed by atoms with Crippen LogP contribution in [0.5, 0.6) is 0 Å². The molecule has 0 aliphatic carbocycles.